The zero-order valence-electron chi connectivity index (χ0n) is 10.3. The van der Waals surface area contributed by atoms with E-state index in [-0.39, 0.29) is 6.29 Å². The largest absolute Gasteiger partial charge is 0.353 e. The van der Waals surface area contributed by atoms with Crippen molar-refractivity contribution in [3.05, 3.63) is 41.5 Å². The van der Waals surface area contributed by atoms with E-state index in [1.54, 1.807) is 0 Å². The molecule has 0 amide bonds. The molecular weight excluding hydrogens is 226 g/mol. The second-order valence-corrected chi connectivity index (χ2v) is 4.23. The van der Waals surface area contributed by atoms with Crippen LogP contribution in [0, 0.1) is 11.3 Å². The van der Waals surface area contributed by atoms with Crippen LogP contribution in [0.1, 0.15) is 30.4 Å². The molecule has 1 aromatic rings. The summed E-state index contributed by atoms with van der Waals surface area (Å²) in [6.07, 6.45) is 7.06. The summed E-state index contributed by atoms with van der Waals surface area (Å²) < 4.78 is 11.1. The first kappa shape index (κ1) is 12.8. The van der Waals surface area contributed by atoms with Crippen LogP contribution in [0.15, 0.2) is 30.3 Å². The lowest BCUT2D eigenvalue weighted by molar-refractivity contribution is -0.155. The maximum Gasteiger partial charge on any atom is 0.157 e. The van der Waals surface area contributed by atoms with E-state index < -0.39 is 0 Å². The molecule has 18 heavy (non-hydrogen) atoms. The first-order valence-electron chi connectivity index (χ1n) is 6.29. The van der Waals surface area contributed by atoms with Gasteiger partial charge in [0, 0.05) is 6.61 Å². The van der Waals surface area contributed by atoms with Crippen molar-refractivity contribution in [2.24, 2.45) is 0 Å². The molecule has 1 aromatic carbocycles. The molecule has 0 N–H and O–H groups in total. The molecule has 94 valence electrons. The molecule has 2 rings (SSSR count). The minimum absolute atomic E-state index is 0.0605. The van der Waals surface area contributed by atoms with Crippen LogP contribution in [0.25, 0.3) is 6.08 Å². The Labute approximate surface area is 108 Å². The summed E-state index contributed by atoms with van der Waals surface area (Å²) in [6, 6.07) is 9.69. The fourth-order valence-corrected chi connectivity index (χ4v) is 1.92. The van der Waals surface area contributed by atoms with Crippen molar-refractivity contribution in [2.75, 3.05) is 13.2 Å². The second-order valence-electron chi connectivity index (χ2n) is 4.23. The molecule has 1 atom stereocenters. The van der Waals surface area contributed by atoms with Gasteiger partial charge in [-0.05, 0) is 30.9 Å². The van der Waals surface area contributed by atoms with E-state index in [4.69, 9.17) is 14.7 Å². The molecule has 1 unspecified atom stereocenters. The maximum atomic E-state index is 8.94. The van der Waals surface area contributed by atoms with Gasteiger partial charge in [0.25, 0.3) is 0 Å². The van der Waals surface area contributed by atoms with Crippen molar-refractivity contribution in [1.29, 1.82) is 5.26 Å². The fraction of sp³-hybridized carbons (Fsp3) is 0.400. The van der Waals surface area contributed by atoms with E-state index in [1.165, 1.54) is 6.42 Å². The summed E-state index contributed by atoms with van der Waals surface area (Å²) in [6.45, 7) is 1.32. The van der Waals surface area contributed by atoms with Crippen molar-refractivity contribution in [1.82, 2.24) is 0 Å². The minimum Gasteiger partial charge on any atom is -0.353 e. The highest BCUT2D eigenvalue weighted by atomic mass is 16.7. The Kier molecular flexibility index (Phi) is 4.95. The van der Waals surface area contributed by atoms with Crippen LogP contribution in [-0.4, -0.2) is 19.5 Å². The smallest absolute Gasteiger partial charge is 0.157 e. The molecule has 0 aromatic heterocycles. The Morgan fingerprint density at radius 1 is 1.39 bits per heavy atom. The first-order valence-corrected chi connectivity index (χ1v) is 6.29. The van der Waals surface area contributed by atoms with Gasteiger partial charge >= 0.3 is 0 Å². The van der Waals surface area contributed by atoms with E-state index in [0.29, 0.717) is 12.2 Å². The van der Waals surface area contributed by atoms with Gasteiger partial charge in [0.2, 0.25) is 0 Å². The molecule has 0 saturated carbocycles. The van der Waals surface area contributed by atoms with Crippen molar-refractivity contribution in [3.8, 4) is 6.07 Å². The average Bonchev–Trinajstić information content (AvgIpc) is 2.45. The molecule has 1 aliphatic rings. The molecule has 1 saturated heterocycles. The molecule has 3 heteroatoms. The topological polar surface area (TPSA) is 42.2 Å². The number of nitriles is 1. The lowest BCUT2D eigenvalue weighted by atomic mass is 10.1. The summed E-state index contributed by atoms with van der Waals surface area (Å²) in [4.78, 5) is 0. The van der Waals surface area contributed by atoms with Crippen molar-refractivity contribution < 1.29 is 9.47 Å². The monoisotopic (exact) mass is 243 g/mol. The zero-order chi connectivity index (χ0) is 12.6. The third-order valence-corrected chi connectivity index (χ3v) is 2.89. The fourth-order valence-electron chi connectivity index (χ4n) is 1.92. The Balaban J connectivity index is 1.82. The lowest BCUT2D eigenvalue weighted by Gasteiger charge is -2.21. The lowest BCUT2D eigenvalue weighted by Crippen LogP contribution is -2.22. The molecule has 1 fully saturated rings. The molecule has 0 bridgehead atoms. The van der Waals surface area contributed by atoms with Gasteiger partial charge in [0.15, 0.2) is 6.29 Å². The van der Waals surface area contributed by atoms with Gasteiger partial charge in [-0.1, -0.05) is 30.4 Å². The van der Waals surface area contributed by atoms with Crippen LogP contribution >= 0.6 is 0 Å². The summed E-state index contributed by atoms with van der Waals surface area (Å²) >= 11 is 0. The molecule has 0 spiro atoms. The predicted octanol–water partition coefficient (Wildman–Crippen LogP) is 3.11. The number of benzene rings is 1. The molecule has 0 radical (unpaired) electrons. The number of hydrogen-bond donors (Lipinski definition) is 0. The van der Waals surface area contributed by atoms with E-state index in [2.05, 4.69) is 6.07 Å². The van der Waals surface area contributed by atoms with Crippen molar-refractivity contribution in [2.45, 2.75) is 25.6 Å². The van der Waals surface area contributed by atoms with Crippen molar-refractivity contribution in [3.63, 3.8) is 0 Å². The average molecular weight is 243 g/mol. The summed E-state index contributed by atoms with van der Waals surface area (Å²) in [5.41, 5.74) is 1.61. The van der Waals surface area contributed by atoms with Crippen LogP contribution in [0.2, 0.25) is 0 Å². The van der Waals surface area contributed by atoms with E-state index in [0.717, 1.165) is 25.0 Å². The highest BCUT2D eigenvalue weighted by molar-refractivity contribution is 5.57. The van der Waals surface area contributed by atoms with E-state index >= 15 is 0 Å². The minimum atomic E-state index is -0.0605. The van der Waals surface area contributed by atoms with Gasteiger partial charge in [-0.3, -0.25) is 0 Å². The normalized spacial score (nSPS) is 19.8. The highest BCUT2D eigenvalue weighted by Crippen LogP contribution is 2.14. The Hall–Kier alpha value is -1.63. The Morgan fingerprint density at radius 2 is 2.28 bits per heavy atom. The van der Waals surface area contributed by atoms with Gasteiger partial charge < -0.3 is 9.47 Å². The number of ether oxygens (including phenoxy) is 2. The molecule has 0 aliphatic carbocycles. The Morgan fingerprint density at radius 3 is 3.06 bits per heavy atom. The van der Waals surface area contributed by atoms with Crippen LogP contribution in [0.3, 0.4) is 0 Å². The summed E-state index contributed by atoms with van der Waals surface area (Å²) in [5.74, 6) is 0. The van der Waals surface area contributed by atoms with Crippen LogP contribution < -0.4 is 0 Å². The first-order chi connectivity index (χ1) is 8.90. The standard InChI is InChI=1S/C15H17NO2/c16-12-14-7-2-1-6-13(14)8-5-11-18-15-9-3-4-10-17-15/h1-2,5-8,15H,3-4,9-11H2/b8-5-. The van der Waals surface area contributed by atoms with Gasteiger partial charge in [-0.25, -0.2) is 0 Å². The number of nitrogens with zero attached hydrogens (tertiary/aromatic N) is 1. The third kappa shape index (κ3) is 3.69. The quantitative estimate of drug-likeness (QED) is 0.816. The molecule has 1 heterocycles. The third-order valence-electron chi connectivity index (χ3n) is 2.89. The van der Waals surface area contributed by atoms with Gasteiger partial charge in [0.05, 0.1) is 18.2 Å². The second kappa shape index (κ2) is 6.95. The van der Waals surface area contributed by atoms with Crippen molar-refractivity contribution >= 4 is 6.08 Å². The van der Waals surface area contributed by atoms with Gasteiger partial charge in [-0.15, -0.1) is 0 Å². The molecular formula is C15H17NO2. The predicted molar refractivity (Wildman–Crippen MR) is 69.7 cm³/mol. The van der Waals surface area contributed by atoms with Crippen LogP contribution in [0.5, 0.6) is 0 Å². The van der Waals surface area contributed by atoms with Crippen LogP contribution in [-0.2, 0) is 9.47 Å². The molecule has 1 aliphatic heterocycles. The van der Waals surface area contributed by atoms with Gasteiger partial charge in [0.1, 0.15) is 0 Å². The van der Waals surface area contributed by atoms with E-state index in [9.17, 15) is 0 Å². The number of rotatable bonds is 4. The highest BCUT2D eigenvalue weighted by Gasteiger charge is 2.12. The van der Waals surface area contributed by atoms with Gasteiger partial charge in [-0.2, -0.15) is 5.26 Å². The summed E-state index contributed by atoms with van der Waals surface area (Å²) in [7, 11) is 0. The number of hydrogen-bond acceptors (Lipinski definition) is 3. The van der Waals surface area contributed by atoms with E-state index in [1.807, 2.05) is 36.4 Å². The molecule has 3 nitrogen and oxygen atoms in total. The Bertz CT molecular complexity index is 442. The van der Waals surface area contributed by atoms with Crippen LogP contribution in [0.4, 0.5) is 0 Å². The zero-order valence-corrected chi connectivity index (χ0v) is 10.3. The summed E-state index contributed by atoms with van der Waals surface area (Å²) in [5, 5.41) is 8.94. The maximum absolute atomic E-state index is 8.94. The SMILES string of the molecule is N#Cc1ccccc1/C=C\COC1CCCCO1.